The van der Waals surface area contributed by atoms with Crippen molar-refractivity contribution in [1.29, 1.82) is 0 Å². The zero-order valence-corrected chi connectivity index (χ0v) is 84.9. The van der Waals surface area contributed by atoms with Crippen LogP contribution in [0.5, 0.6) is 0 Å². The van der Waals surface area contributed by atoms with Gasteiger partial charge in [-0.15, -0.1) is 0 Å². The van der Waals surface area contributed by atoms with Crippen LogP contribution in [-0.4, -0.2) is 295 Å². The standard InChI is InChI=1S/C100H199N17O12/c1-15-23-30-36-63-114(64-37-31-24-16-2)69-71-116(67-40-34-27-19-5)73-75-128-92(122)42-47-103-51-53-107-56-60-109-90(120)79-85(94(124)100(13,14)83-86(96(126)113-61-57-106-50-45-102)78-89(119)99(11,12)82-87(97(127)111-46-29-21-7)80-91(121)110-59-55-105-49-44-101)81-98(9,10)88(118)77-84(22-8)95(125)112-62-58-108-54-52-104-48-43-93(123)129-76-74-117(68-41-35-28-20-6)72-70-115(65-38-32-25-17-3)66-39-33-26-18-4/h84-87,103-108H,15-83,101-102H2,1-14H3,(H,109,120)(H,110,121)(H,111,127)(H,112,125)(H,113,126). The third-order valence-electron chi connectivity index (χ3n) is 24.8. The van der Waals surface area contributed by atoms with E-state index in [0.717, 1.165) is 97.7 Å². The van der Waals surface area contributed by atoms with E-state index < -0.39 is 51.7 Å². The number of esters is 2. The molecule has 0 heterocycles. The van der Waals surface area contributed by atoms with Crippen molar-refractivity contribution in [2.45, 2.75) is 328 Å². The van der Waals surface area contributed by atoms with E-state index in [-0.39, 0.29) is 118 Å². The molecule has 0 aliphatic carbocycles. The Morgan fingerprint density at radius 1 is 0.271 bits per heavy atom. The predicted molar refractivity (Wildman–Crippen MR) is 530 cm³/mol. The molecule has 0 spiro atoms. The molecule has 0 aromatic carbocycles. The summed E-state index contributed by atoms with van der Waals surface area (Å²) in [5, 5.41) is 34.4. The molecule has 0 aliphatic heterocycles. The fraction of sp³-hybridized carbons (Fsp3) is 0.900. The molecule has 0 rings (SSSR count). The van der Waals surface area contributed by atoms with Gasteiger partial charge in [0, 0.05) is 229 Å². The fourth-order valence-electron chi connectivity index (χ4n) is 16.4. The van der Waals surface area contributed by atoms with Gasteiger partial charge in [-0.05, 0) is 110 Å². The van der Waals surface area contributed by atoms with E-state index in [1.165, 1.54) is 141 Å². The Balaban J connectivity index is 6.45. The van der Waals surface area contributed by atoms with Crippen LogP contribution < -0.4 is 70.0 Å². The van der Waals surface area contributed by atoms with E-state index in [2.05, 4.69) is 120 Å². The molecule has 0 radical (unpaired) electrons. The van der Waals surface area contributed by atoms with Crippen LogP contribution in [0.1, 0.15) is 328 Å². The summed E-state index contributed by atoms with van der Waals surface area (Å²) in [5.41, 5.74) is 7.57. The largest absolute Gasteiger partial charge is 0.464 e. The Morgan fingerprint density at radius 3 is 0.884 bits per heavy atom. The first-order valence-electron chi connectivity index (χ1n) is 51.9. The molecule has 29 nitrogen and oxygen atoms in total. The lowest BCUT2D eigenvalue weighted by atomic mass is 9.67. The zero-order chi connectivity index (χ0) is 95.9. The van der Waals surface area contributed by atoms with Crippen LogP contribution in [0.15, 0.2) is 0 Å². The van der Waals surface area contributed by atoms with E-state index in [0.29, 0.717) is 137 Å². The van der Waals surface area contributed by atoms with Gasteiger partial charge in [0.25, 0.3) is 0 Å². The number of carbonyl (C=O) groups is 10. The first-order valence-corrected chi connectivity index (χ1v) is 51.9. The Bertz CT molecular complexity index is 2820. The molecule has 0 aromatic rings. The maximum Gasteiger partial charge on any atom is 0.307 e. The molecule has 0 saturated heterocycles. The van der Waals surface area contributed by atoms with Gasteiger partial charge in [0.15, 0.2) is 0 Å². The number of rotatable bonds is 95. The van der Waals surface area contributed by atoms with Gasteiger partial charge in [-0.2, -0.15) is 0 Å². The van der Waals surface area contributed by atoms with Crippen molar-refractivity contribution in [3.05, 3.63) is 0 Å². The van der Waals surface area contributed by atoms with Crippen molar-refractivity contribution in [3.8, 4) is 0 Å². The minimum absolute atomic E-state index is 0.000184. The predicted octanol–water partition coefficient (Wildman–Crippen LogP) is 10.8. The molecule has 0 fully saturated rings. The van der Waals surface area contributed by atoms with E-state index >= 15 is 4.79 Å². The van der Waals surface area contributed by atoms with Crippen LogP contribution >= 0.6 is 0 Å². The molecule has 0 aromatic heterocycles. The van der Waals surface area contributed by atoms with Gasteiger partial charge >= 0.3 is 11.9 Å². The summed E-state index contributed by atoms with van der Waals surface area (Å²) >= 11 is 0. The molecule has 4 atom stereocenters. The van der Waals surface area contributed by atoms with Gasteiger partial charge in [0.2, 0.25) is 29.5 Å². The number of amides is 5. The molecule has 0 bridgehead atoms. The highest BCUT2D eigenvalue weighted by Gasteiger charge is 2.44. The van der Waals surface area contributed by atoms with Crippen molar-refractivity contribution in [3.63, 3.8) is 0 Å². The summed E-state index contributed by atoms with van der Waals surface area (Å²) in [5.74, 6) is -6.97. The van der Waals surface area contributed by atoms with Crippen molar-refractivity contribution < 1.29 is 57.4 Å². The van der Waals surface area contributed by atoms with Crippen molar-refractivity contribution in [2.75, 3.05) is 216 Å². The normalized spacial score (nSPS) is 13.0. The SMILES string of the molecule is CCCCCCN(CCCCCC)CCN(CCCCCC)CCOC(=O)CCNCCNCCNC(=O)CC(CC(C)(C)C(=O)CC(CC)C(=O)NCCNCCNCCC(=O)OCCN(CCCCCC)CCN(CCCCCC)CCCCCC)C(=O)C(C)(C)CC(CC(=O)C(C)(C)CC(CC(=O)NCCNCCN)C(=O)NCCCC)C(=O)NCCNCCN. The highest BCUT2D eigenvalue weighted by Crippen LogP contribution is 2.40. The number of nitrogens with two attached hydrogens (primary N) is 2. The second-order valence-corrected chi connectivity index (χ2v) is 38.2. The molecule has 0 aliphatic rings. The zero-order valence-electron chi connectivity index (χ0n) is 84.9. The fourth-order valence-corrected chi connectivity index (χ4v) is 16.4. The number of hydrogen-bond donors (Lipinski definition) is 13. The molecule has 29 heteroatoms. The van der Waals surface area contributed by atoms with Gasteiger partial charge in [0.1, 0.15) is 30.6 Å². The Labute approximate surface area is 785 Å². The third kappa shape index (κ3) is 67.6. The number of Topliss-reactive ketones (excluding diaryl/α,β-unsaturated/α-hetero) is 3. The first kappa shape index (κ1) is 124. The average Bonchev–Trinajstić information content (AvgIpc) is 0.806. The second-order valence-electron chi connectivity index (χ2n) is 38.2. The van der Waals surface area contributed by atoms with Crippen LogP contribution in [0.3, 0.4) is 0 Å². The molecule has 129 heavy (non-hydrogen) atoms. The highest BCUT2D eigenvalue weighted by atomic mass is 16.5. The van der Waals surface area contributed by atoms with E-state index in [9.17, 15) is 43.2 Å². The third-order valence-corrected chi connectivity index (χ3v) is 24.8. The Morgan fingerprint density at radius 2 is 0.543 bits per heavy atom. The van der Waals surface area contributed by atoms with Crippen LogP contribution in [0.2, 0.25) is 0 Å². The molecule has 0 saturated carbocycles. The minimum Gasteiger partial charge on any atom is -0.464 e. The maximum atomic E-state index is 15.6. The van der Waals surface area contributed by atoms with Gasteiger partial charge in [-0.1, -0.05) is 219 Å². The highest BCUT2D eigenvalue weighted by molar-refractivity contribution is 5.95. The van der Waals surface area contributed by atoms with Crippen molar-refractivity contribution in [2.24, 2.45) is 51.4 Å². The molecule has 4 unspecified atom stereocenters. The summed E-state index contributed by atoms with van der Waals surface area (Å²) in [6.45, 7) is 48.7. The minimum atomic E-state index is -1.36. The van der Waals surface area contributed by atoms with Gasteiger partial charge in [-0.3, -0.25) is 57.7 Å². The Hall–Kier alpha value is -5.18. The van der Waals surface area contributed by atoms with Crippen molar-refractivity contribution in [1.82, 2.24) is 78.1 Å². The number of nitrogens with one attached hydrogen (secondary N) is 11. The van der Waals surface area contributed by atoms with Gasteiger partial charge < -0.3 is 89.2 Å². The summed E-state index contributed by atoms with van der Waals surface area (Å²) in [6, 6.07) is 0. The first-order chi connectivity index (χ1) is 62.1. The summed E-state index contributed by atoms with van der Waals surface area (Å²) in [7, 11) is 0. The number of unbranched alkanes of at least 4 members (excludes halogenated alkanes) is 19. The van der Waals surface area contributed by atoms with Gasteiger partial charge in [-0.25, -0.2) is 0 Å². The lowest BCUT2D eigenvalue weighted by molar-refractivity contribution is -0.144. The number of carbonyl (C=O) groups excluding carboxylic acids is 10. The molecular weight excluding hydrogens is 1630 g/mol. The monoisotopic (exact) mass is 1830 g/mol. The number of hydrogen-bond acceptors (Lipinski definition) is 24. The summed E-state index contributed by atoms with van der Waals surface area (Å²) in [4.78, 5) is 151. The van der Waals surface area contributed by atoms with Crippen LogP contribution in [0.25, 0.3) is 0 Å². The van der Waals surface area contributed by atoms with E-state index in [1.807, 2.05) is 13.8 Å². The van der Waals surface area contributed by atoms with E-state index in [4.69, 9.17) is 20.9 Å². The second kappa shape index (κ2) is 82.3. The lowest BCUT2D eigenvalue weighted by Crippen LogP contribution is -2.44. The van der Waals surface area contributed by atoms with Gasteiger partial charge in [0.05, 0.1) is 12.8 Å². The summed E-state index contributed by atoms with van der Waals surface area (Å²) < 4.78 is 11.5. The average molecular weight is 1830 g/mol. The maximum absolute atomic E-state index is 15.6. The Kier molecular flexibility index (Phi) is 79.0. The lowest BCUT2D eigenvalue weighted by Gasteiger charge is -2.35. The molecule has 756 valence electrons. The van der Waals surface area contributed by atoms with Crippen molar-refractivity contribution >= 4 is 58.8 Å². The number of nitrogens with zero attached hydrogens (tertiary/aromatic N) is 4. The molecular formula is C100H199N17O12. The smallest absolute Gasteiger partial charge is 0.307 e. The van der Waals surface area contributed by atoms with Crippen LogP contribution in [0, 0.1) is 39.9 Å². The number of ether oxygens (including phenoxy) is 2. The topological polar surface area (TPSA) is 386 Å². The van der Waals surface area contributed by atoms with E-state index in [1.54, 1.807) is 41.5 Å². The quantitative estimate of drug-likeness (QED) is 0.0199. The molecule has 15 N–H and O–H groups in total. The number of ketones is 3. The van der Waals surface area contributed by atoms with Crippen LogP contribution in [-0.2, 0) is 57.4 Å². The molecule has 5 amide bonds. The van der Waals surface area contributed by atoms with Crippen LogP contribution in [0.4, 0.5) is 0 Å². The summed E-state index contributed by atoms with van der Waals surface area (Å²) in [6.07, 6.45) is 31.0.